The van der Waals surface area contributed by atoms with Gasteiger partial charge in [-0.3, -0.25) is 0 Å². The smallest absolute Gasteiger partial charge is 0.224 e. The van der Waals surface area contributed by atoms with Gasteiger partial charge in [0.2, 0.25) is 5.28 Å². The molecule has 19 heavy (non-hydrogen) atoms. The molecule has 0 aliphatic carbocycles. The SMILES string of the molecule is CCOc1ccc(Nc2nc(Cl)ncc2Br)cc1F. The minimum absolute atomic E-state index is 0.108. The van der Waals surface area contributed by atoms with Crippen LogP contribution in [0, 0.1) is 5.82 Å². The molecule has 0 atom stereocenters. The van der Waals surface area contributed by atoms with Crippen LogP contribution >= 0.6 is 27.5 Å². The molecule has 0 saturated heterocycles. The maximum absolute atomic E-state index is 13.7. The Morgan fingerprint density at radius 1 is 1.47 bits per heavy atom. The number of nitrogens with one attached hydrogen (secondary N) is 1. The Morgan fingerprint density at radius 3 is 2.95 bits per heavy atom. The van der Waals surface area contributed by atoms with E-state index in [-0.39, 0.29) is 11.0 Å². The number of halogens is 3. The summed E-state index contributed by atoms with van der Waals surface area (Å²) in [6, 6.07) is 4.57. The van der Waals surface area contributed by atoms with Gasteiger partial charge in [-0.2, -0.15) is 4.98 Å². The molecule has 0 fully saturated rings. The number of hydrogen-bond donors (Lipinski definition) is 1. The van der Waals surface area contributed by atoms with Gasteiger partial charge >= 0.3 is 0 Å². The van der Waals surface area contributed by atoms with Crippen molar-refractivity contribution in [3.8, 4) is 5.75 Å². The largest absolute Gasteiger partial charge is 0.491 e. The lowest BCUT2D eigenvalue weighted by Crippen LogP contribution is -1.99. The van der Waals surface area contributed by atoms with Crippen LogP contribution in [0.4, 0.5) is 15.9 Å². The van der Waals surface area contributed by atoms with Gasteiger partial charge in [-0.25, -0.2) is 9.37 Å². The minimum Gasteiger partial charge on any atom is -0.491 e. The number of aromatic nitrogens is 2. The van der Waals surface area contributed by atoms with Gasteiger partial charge in [-0.1, -0.05) is 0 Å². The van der Waals surface area contributed by atoms with Gasteiger partial charge in [0.25, 0.3) is 0 Å². The summed E-state index contributed by atoms with van der Waals surface area (Å²) in [5, 5.41) is 3.05. The topological polar surface area (TPSA) is 47.0 Å². The summed E-state index contributed by atoms with van der Waals surface area (Å²) >= 11 is 8.98. The van der Waals surface area contributed by atoms with Crippen molar-refractivity contribution in [3.63, 3.8) is 0 Å². The van der Waals surface area contributed by atoms with Crippen LogP contribution in [0.2, 0.25) is 5.28 Å². The lowest BCUT2D eigenvalue weighted by molar-refractivity contribution is 0.321. The van der Waals surface area contributed by atoms with Crippen LogP contribution in [0.1, 0.15) is 6.92 Å². The first-order valence-electron chi connectivity index (χ1n) is 5.47. The fourth-order valence-corrected chi connectivity index (χ4v) is 1.84. The highest BCUT2D eigenvalue weighted by atomic mass is 79.9. The third kappa shape index (κ3) is 3.54. The van der Waals surface area contributed by atoms with E-state index in [0.717, 1.165) is 0 Å². The number of benzene rings is 1. The van der Waals surface area contributed by atoms with Crippen molar-refractivity contribution in [1.29, 1.82) is 0 Å². The van der Waals surface area contributed by atoms with Gasteiger partial charge < -0.3 is 10.1 Å². The monoisotopic (exact) mass is 345 g/mol. The second-order valence-electron chi connectivity index (χ2n) is 3.54. The van der Waals surface area contributed by atoms with E-state index in [1.807, 2.05) is 0 Å². The Hall–Kier alpha value is -1.40. The van der Waals surface area contributed by atoms with Crippen LogP contribution in [0.3, 0.4) is 0 Å². The molecule has 0 bridgehead atoms. The second-order valence-corrected chi connectivity index (χ2v) is 4.73. The molecule has 1 N–H and O–H groups in total. The van der Waals surface area contributed by atoms with Crippen LogP contribution < -0.4 is 10.1 Å². The van der Waals surface area contributed by atoms with E-state index in [4.69, 9.17) is 16.3 Å². The van der Waals surface area contributed by atoms with E-state index in [9.17, 15) is 4.39 Å². The van der Waals surface area contributed by atoms with Crippen molar-refractivity contribution < 1.29 is 9.13 Å². The molecule has 4 nitrogen and oxygen atoms in total. The van der Waals surface area contributed by atoms with E-state index >= 15 is 0 Å². The highest BCUT2D eigenvalue weighted by Crippen LogP contribution is 2.27. The summed E-state index contributed by atoms with van der Waals surface area (Å²) in [6.07, 6.45) is 1.52. The highest BCUT2D eigenvalue weighted by Gasteiger charge is 2.07. The van der Waals surface area contributed by atoms with Crippen LogP contribution in [-0.2, 0) is 0 Å². The zero-order valence-corrected chi connectivity index (χ0v) is 12.3. The zero-order chi connectivity index (χ0) is 13.8. The van der Waals surface area contributed by atoms with Crippen molar-refractivity contribution in [2.24, 2.45) is 0 Å². The summed E-state index contributed by atoms with van der Waals surface area (Å²) in [6.45, 7) is 2.21. The first kappa shape index (κ1) is 14.0. The molecule has 1 heterocycles. The van der Waals surface area contributed by atoms with Crippen molar-refractivity contribution >= 4 is 39.0 Å². The quantitative estimate of drug-likeness (QED) is 0.844. The van der Waals surface area contributed by atoms with Crippen LogP contribution in [0.25, 0.3) is 0 Å². The Morgan fingerprint density at radius 2 is 2.26 bits per heavy atom. The Bertz CT molecular complexity index is 597. The molecule has 2 aromatic rings. The predicted molar refractivity (Wildman–Crippen MR) is 75.6 cm³/mol. The third-order valence-corrected chi connectivity index (χ3v) is 2.97. The number of ether oxygens (including phenoxy) is 1. The molecular weight excluding hydrogens is 337 g/mol. The maximum Gasteiger partial charge on any atom is 0.224 e. The summed E-state index contributed by atoms with van der Waals surface area (Å²) in [5.74, 6) is 0.236. The molecule has 0 amide bonds. The van der Waals surface area contributed by atoms with Crippen molar-refractivity contribution in [1.82, 2.24) is 9.97 Å². The van der Waals surface area contributed by atoms with E-state index in [0.29, 0.717) is 22.6 Å². The number of anilines is 2. The molecular formula is C12H10BrClFN3O. The average Bonchev–Trinajstić information content (AvgIpc) is 2.37. The van der Waals surface area contributed by atoms with Gasteiger partial charge in [0.1, 0.15) is 5.82 Å². The molecule has 0 aliphatic rings. The molecule has 0 spiro atoms. The Labute approximate surface area is 123 Å². The molecule has 100 valence electrons. The standard InChI is InChI=1S/C12H10BrClFN3O/c1-2-19-10-4-3-7(5-9(10)15)17-11-8(13)6-16-12(14)18-11/h3-6H,2H2,1H3,(H,16,17,18). The van der Waals surface area contributed by atoms with Gasteiger partial charge in [-0.05, 0) is 46.6 Å². The van der Waals surface area contributed by atoms with Crippen molar-refractivity contribution in [2.45, 2.75) is 6.92 Å². The zero-order valence-electron chi connectivity index (χ0n) is 9.95. The molecule has 1 aromatic carbocycles. The second kappa shape index (κ2) is 6.16. The molecule has 0 aliphatic heterocycles. The average molecular weight is 347 g/mol. The lowest BCUT2D eigenvalue weighted by atomic mass is 10.3. The molecule has 2 rings (SSSR count). The molecule has 1 aromatic heterocycles. The van der Waals surface area contributed by atoms with Gasteiger partial charge in [0, 0.05) is 18.0 Å². The van der Waals surface area contributed by atoms with Crippen molar-refractivity contribution in [2.75, 3.05) is 11.9 Å². The van der Waals surface area contributed by atoms with Crippen molar-refractivity contribution in [3.05, 3.63) is 40.0 Å². The molecule has 7 heteroatoms. The number of hydrogen-bond acceptors (Lipinski definition) is 4. The van der Waals surface area contributed by atoms with E-state index < -0.39 is 5.82 Å². The maximum atomic E-state index is 13.7. The summed E-state index contributed by atoms with van der Waals surface area (Å²) < 4.78 is 19.4. The van der Waals surface area contributed by atoms with Crippen LogP contribution in [-0.4, -0.2) is 16.6 Å². The van der Waals surface area contributed by atoms with E-state index in [1.165, 1.54) is 12.3 Å². The molecule has 0 saturated carbocycles. The molecule has 0 radical (unpaired) electrons. The summed E-state index contributed by atoms with van der Waals surface area (Å²) in [7, 11) is 0. The number of rotatable bonds is 4. The highest BCUT2D eigenvalue weighted by molar-refractivity contribution is 9.10. The van der Waals surface area contributed by atoms with Crippen LogP contribution in [0.5, 0.6) is 5.75 Å². The fraction of sp³-hybridized carbons (Fsp3) is 0.167. The summed E-state index contributed by atoms with van der Waals surface area (Å²) in [4.78, 5) is 7.81. The molecule has 0 unspecified atom stereocenters. The Balaban J connectivity index is 2.24. The first-order valence-corrected chi connectivity index (χ1v) is 6.64. The minimum atomic E-state index is -0.442. The first-order chi connectivity index (χ1) is 9.10. The normalized spacial score (nSPS) is 10.3. The number of nitrogens with zero attached hydrogens (tertiary/aromatic N) is 2. The fourth-order valence-electron chi connectivity index (χ4n) is 1.42. The lowest BCUT2D eigenvalue weighted by Gasteiger charge is -2.09. The van der Waals surface area contributed by atoms with E-state index in [2.05, 4.69) is 31.2 Å². The van der Waals surface area contributed by atoms with Gasteiger partial charge in [0.15, 0.2) is 11.6 Å². The Kier molecular flexibility index (Phi) is 4.55. The van der Waals surface area contributed by atoms with Gasteiger partial charge in [0.05, 0.1) is 11.1 Å². The van der Waals surface area contributed by atoms with Gasteiger partial charge in [-0.15, -0.1) is 0 Å². The van der Waals surface area contributed by atoms with Crippen LogP contribution in [0.15, 0.2) is 28.9 Å². The predicted octanol–water partition coefficient (Wildman–Crippen LogP) is 4.17. The summed E-state index contributed by atoms with van der Waals surface area (Å²) in [5.41, 5.74) is 0.538. The third-order valence-electron chi connectivity index (χ3n) is 2.21. The van der Waals surface area contributed by atoms with E-state index in [1.54, 1.807) is 19.1 Å².